The fraction of sp³-hybridized carbons (Fsp3) is 0.250. The highest BCUT2D eigenvalue weighted by Gasteiger charge is 2.30. The molecule has 7 heteroatoms. The molecule has 156 valence electrons. The molecule has 0 aliphatic heterocycles. The number of nitrogens with two attached hydrogens (primary N) is 1. The lowest BCUT2D eigenvalue weighted by molar-refractivity contribution is 0.252. The van der Waals surface area contributed by atoms with Crippen LogP contribution in [0.1, 0.15) is 37.7 Å². The van der Waals surface area contributed by atoms with Crippen molar-refractivity contribution in [2.24, 2.45) is 0 Å². The lowest BCUT2D eigenvalue weighted by Gasteiger charge is -2.34. The van der Waals surface area contributed by atoms with Gasteiger partial charge in [0.25, 0.3) is 0 Å². The molecular formula is C24H24N6O. The van der Waals surface area contributed by atoms with Crippen molar-refractivity contribution >= 4 is 23.2 Å². The molecule has 2 amide bonds. The Morgan fingerprint density at radius 2 is 1.97 bits per heavy atom. The summed E-state index contributed by atoms with van der Waals surface area (Å²) in [6.07, 6.45) is 8.35. The van der Waals surface area contributed by atoms with E-state index in [0.29, 0.717) is 28.5 Å². The molecule has 0 saturated heterocycles. The van der Waals surface area contributed by atoms with Crippen LogP contribution in [-0.4, -0.2) is 22.0 Å². The van der Waals surface area contributed by atoms with Crippen LogP contribution in [-0.2, 0) is 0 Å². The molecule has 1 aliphatic rings. The van der Waals surface area contributed by atoms with Crippen LogP contribution in [0.3, 0.4) is 0 Å². The molecule has 0 atom stereocenters. The van der Waals surface area contributed by atoms with Gasteiger partial charge in [-0.1, -0.05) is 31.4 Å². The van der Waals surface area contributed by atoms with Gasteiger partial charge in [0.15, 0.2) is 5.82 Å². The fourth-order valence-corrected chi connectivity index (χ4v) is 3.96. The van der Waals surface area contributed by atoms with Crippen LogP contribution in [0.4, 0.5) is 22.0 Å². The zero-order valence-corrected chi connectivity index (χ0v) is 17.2. The Morgan fingerprint density at radius 3 is 2.71 bits per heavy atom. The van der Waals surface area contributed by atoms with Crippen molar-refractivity contribution in [3.63, 3.8) is 0 Å². The first-order valence-corrected chi connectivity index (χ1v) is 10.4. The molecule has 2 heterocycles. The third kappa shape index (κ3) is 4.64. The highest BCUT2D eigenvalue weighted by Crippen LogP contribution is 2.32. The van der Waals surface area contributed by atoms with Crippen LogP contribution >= 0.6 is 0 Å². The standard InChI is InChI=1S/C24H24N6O/c25-15-17-6-4-7-18(14-17)22-12-11-21(26)23(29-22)30(20-9-2-1-3-10-20)24(31)28-19-8-5-13-27-16-19/h4-8,11-14,16,20H,1-3,9-10,26H2,(H,28,31). The molecule has 3 N–H and O–H groups in total. The third-order valence-corrected chi connectivity index (χ3v) is 5.49. The first-order chi connectivity index (χ1) is 15.2. The molecule has 1 fully saturated rings. The van der Waals surface area contributed by atoms with Crippen LogP contribution in [0.15, 0.2) is 60.9 Å². The topological polar surface area (TPSA) is 108 Å². The van der Waals surface area contributed by atoms with Gasteiger partial charge in [0, 0.05) is 17.8 Å². The maximum absolute atomic E-state index is 13.4. The van der Waals surface area contributed by atoms with E-state index >= 15 is 0 Å². The van der Waals surface area contributed by atoms with Crippen molar-refractivity contribution in [1.82, 2.24) is 9.97 Å². The second-order valence-corrected chi connectivity index (χ2v) is 7.64. The average molecular weight is 412 g/mol. The van der Waals surface area contributed by atoms with Crippen LogP contribution in [0, 0.1) is 11.3 Å². The summed E-state index contributed by atoms with van der Waals surface area (Å²) in [6, 6.07) is 16.3. The third-order valence-electron chi connectivity index (χ3n) is 5.49. The lowest BCUT2D eigenvalue weighted by Crippen LogP contribution is -2.45. The van der Waals surface area contributed by atoms with Crippen molar-refractivity contribution in [2.45, 2.75) is 38.1 Å². The van der Waals surface area contributed by atoms with Gasteiger partial charge in [-0.15, -0.1) is 0 Å². The lowest BCUT2D eigenvalue weighted by atomic mass is 9.94. The summed E-state index contributed by atoms with van der Waals surface area (Å²) >= 11 is 0. The van der Waals surface area contributed by atoms with Crippen molar-refractivity contribution < 1.29 is 4.79 Å². The number of carbonyl (C=O) groups is 1. The Morgan fingerprint density at radius 1 is 1.13 bits per heavy atom. The summed E-state index contributed by atoms with van der Waals surface area (Å²) in [5, 5.41) is 12.2. The first kappa shape index (κ1) is 20.4. The van der Waals surface area contributed by atoms with E-state index in [1.54, 1.807) is 47.6 Å². The number of urea groups is 1. The number of hydrogen-bond donors (Lipinski definition) is 2. The number of rotatable bonds is 4. The van der Waals surface area contributed by atoms with Gasteiger partial charge in [-0.25, -0.2) is 9.78 Å². The number of nitrogens with zero attached hydrogens (tertiary/aromatic N) is 4. The predicted molar refractivity (Wildman–Crippen MR) is 121 cm³/mol. The summed E-state index contributed by atoms with van der Waals surface area (Å²) in [5.41, 5.74) is 9.38. The Kier molecular flexibility index (Phi) is 6.08. The minimum atomic E-state index is -0.276. The Balaban J connectivity index is 1.73. The van der Waals surface area contributed by atoms with Crippen LogP contribution in [0.25, 0.3) is 11.3 Å². The van der Waals surface area contributed by atoms with Crippen molar-refractivity contribution in [3.8, 4) is 17.3 Å². The molecule has 1 aliphatic carbocycles. The van der Waals surface area contributed by atoms with Crippen LogP contribution in [0.5, 0.6) is 0 Å². The van der Waals surface area contributed by atoms with Crippen LogP contribution in [0.2, 0.25) is 0 Å². The predicted octanol–water partition coefficient (Wildman–Crippen LogP) is 4.97. The minimum Gasteiger partial charge on any atom is -0.396 e. The van der Waals surface area contributed by atoms with E-state index < -0.39 is 0 Å². The molecule has 3 aromatic rings. The molecule has 0 unspecified atom stereocenters. The van der Waals surface area contributed by atoms with Gasteiger partial charge in [0.1, 0.15) is 0 Å². The quantitative estimate of drug-likeness (QED) is 0.629. The number of hydrogen-bond acceptors (Lipinski definition) is 5. The Labute approximate surface area is 181 Å². The molecular weight excluding hydrogens is 388 g/mol. The molecule has 7 nitrogen and oxygen atoms in total. The molecule has 0 spiro atoms. The molecule has 0 bridgehead atoms. The van der Waals surface area contributed by atoms with Crippen molar-refractivity contribution in [2.75, 3.05) is 16.0 Å². The van der Waals surface area contributed by atoms with Gasteiger partial charge in [-0.3, -0.25) is 9.88 Å². The van der Waals surface area contributed by atoms with E-state index in [4.69, 9.17) is 10.7 Å². The average Bonchev–Trinajstić information content (AvgIpc) is 2.82. The first-order valence-electron chi connectivity index (χ1n) is 10.4. The number of carbonyl (C=O) groups excluding carboxylic acids is 1. The SMILES string of the molecule is N#Cc1cccc(-c2ccc(N)c(N(C(=O)Nc3cccnc3)C3CCCCC3)n2)c1. The number of nitrogens with one attached hydrogen (secondary N) is 1. The van der Waals surface area contributed by atoms with E-state index in [2.05, 4.69) is 16.4 Å². The highest BCUT2D eigenvalue weighted by molar-refractivity contribution is 6.03. The second kappa shape index (κ2) is 9.26. The second-order valence-electron chi connectivity index (χ2n) is 7.64. The monoisotopic (exact) mass is 412 g/mol. The van der Waals surface area contributed by atoms with Crippen molar-refractivity contribution in [3.05, 3.63) is 66.5 Å². The highest BCUT2D eigenvalue weighted by atomic mass is 16.2. The molecule has 1 saturated carbocycles. The smallest absolute Gasteiger partial charge is 0.327 e. The Bertz CT molecular complexity index is 1100. The molecule has 31 heavy (non-hydrogen) atoms. The number of amides is 2. The maximum Gasteiger partial charge on any atom is 0.327 e. The fourth-order valence-electron chi connectivity index (χ4n) is 3.96. The summed E-state index contributed by atoms with van der Waals surface area (Å²) in [4.78, 5) is 23.9. The van der Waals surface area contributed by atoms with Crippen molar-refractivity contribution in [1.29, 1.82) is 5.26 Å². The summed E-state index contributed by atoms with van der Waals surface area (Å²) in [7, 11) is 0. The van der Waals surface area contributed by atoms with Gasteiger partial charge in [0.2, 0.25) is 0 Å². The zero-order valence-electron chi connectivity index (χ0n) is 17.2. The van der Waals surface area contributed by atoms with E-state index in [9.17, 15) is 10.1 Å². The van der Waals surface area contributed by atoms with Gasteiger partial charge in [0.05, 0.1) is 34.9 Å². The van der Waals surface area contributed by atoms with Gasteiger partial charge >= 0.3 is 6.03 Å². The molecule has 4 rings (SSSR count). The number of nitriles is 1. The number of anilines is 3. The zero-order chi connectivity index (χ0) is 21.6. The van der Waals surface area contributed by atoms with E-state index in [1.807, 2.05) is 18.2 Å². The summed E-state index contributed by atoms with van der Waals surface area (Å²) < 4.78 is 0. The summed E-state index contributed by atoms with van der Waals surface area (Å²) in [6.45, 7) is 0. The Hall–Kier alpha value is -3.92. The minimum absolute atomic E-state index is 0.0147. The van der Waals surface area contributed by atoms with Gasteiger partial charge in [-0.05, 0) is 49.2 Å². The molecule has 0 radical (unpaired) electrons. The largest absolute Gasteiger partial charge is 0.396 e. The van der Waals surface area contributed by atoms with E-state index in [1.165, 1.54) is 6.42 Å². The van der Waals surface area contributed by atoms with E-state index in [0.717, 1.165) is 31.2 Å². The van der Waals surface area contributed by atoms with E-state index in [-0.39, 0.29) is 12.1 Å². The van der Waals surface area contributed by atoms with Crippen LogP contribution < -0.4 is 16.0 Å². The number of benzene rings is 1. The number of nitrogen functional groups attached to an aromatic ring is 1. The summed E-state index contributed by atoms with van der Waals surface area (Å²) in [5.74, 6) is 0.438. The molecule has 2 aromatic heterocycles. The van der Waals surface area contributed by atoms with Gasteiger partial charge < -0.3 is 11.1 Å². The molecule has 1 aromatic carbocycles. The maximum atomic E-state index is 13.4. The van der Waals surface area contributed by atoms with Gasteiger partial charge in [-0.2, -0.15) is 5.26 Å². The number of aromatic nitrogens is 2. The number of pyridine rings is 2. The normalized spacial score (nSPS) is 13.9.